The fourth-order valence-electron chi connectivity index (χ4n) is 3.12. The highest BCUT2D eigenvalue weighted by Crippen LogP contribution is 2.23. The van der Waals surface area contributed by atoms with Crippen LogP contribution in [0, 0.1) is 0 Å². The van der Waals surface area contributed by atoms with Crippen molar-refractivity contribution in [2.24, 2.45) is 7.05 Å². The molecule has 1 amide bonds. The summed E-state index contributed by atoms with van der Waals surface area (Å²) < 4.78 is 7.24. The first kappa shape index (κ1) is 19.4. The number of nitrogens with one attached hydrogen (secondary N) is 1. The minimum absolute atomic E-state index is 0.0560. The summed E-state index contributed by atoms with van der Waals surface area (Å²) in [6.07, 6.45) is 3.64. The van der Waals surface area contributed by atoms with Gasteiger partial charge in [-0.3, -0.25) is 9.59 Å². The number of ether oxygens (including phenoxy) is 1. The van der Waals surface area contributed by atoms with Crippen LogP contribution in [0.15, 0.2) is 60.9 Å². The van der Waals surface area contributed by atoms with Gasteiger partial charge in [-0.2, -0.15) is 0 Å². The predicted molar refractivity (Wildman–Crippen MR) is 106 cm³/mol. The van der Waals surface area contributed by atoms with Crippen molar-refractivity contribution >= 4 is 11.7 Å². The second kappa shape index (κ2) is 8.52. The Morgan fingerprint density at radius 2 is 1.93 bits per heavy atom. The third-order valence-electron chi connectivity index (χ3n) is 4.59. The fourth-order valence-corrected chi connectivity index (χ4v) is 3.12. The molecule has 0 aliphatic rings. The second-order valence-electron chi connectivity index (χ2n) is 6.57. The predicted octanol–water partition coefficient (Wildman–Crippen LogP) is 3.08. The normalized spacial score (nSPS) is 11.7. The van der Waals surface area contributed by atoms with E-state index in [1.54, 1.807) is 31.5 Å². The number of benzene rings is 2. The summed E-state index contributed by atoms with van der Waals surface area (Å²) in [6.45, 7) is 1.50. The van der Waals surface area contributed by atoms with Gasteiger partial charge in [0.1, 0.15) is 17.6 Å². The Bertz CT molecular complexity index is 980. The van der Waals surface area contributed by atoms with Crippen LogP contribution < -0.4 is 10.1 Å². The first-order valence-electron chi connectivity index (χ1n) is 8.99. The summed E-state index contributed by atoms with van der Waals surface area (Å²) in [6, 6.07) is 14.4. The Morgan fingerprint density at radius 3 is 2.54 bits per heavy atom. The zero-order valence-electron chi connectivity index (χ0n) is 16.2. The zero-order chi connectivity index (χ0) is 20.1. The molecule has 0 saturated heterocycles. The van der Waals surface area contributed by atoms with E-state index in [9.17, 15) is 9.59 Å². The molecule has 0 unspecified atom stereocenters. The molecule has 1 aromatic heterocycles. The van der Waals surface area contributed by atoms with Crippen molar-refractivity contribution < 1.29 is 14.3 Å². The van der Waals surface area contributed by atoms with Crippen molar-refractivity contribution in [2.45, 2.75) is 19.4 Å². The lowest BCUT2D eigenvalue weighted by Crippen LogP contribution is -2.32. The molecule has 1 N–H and O–H groups in total. The van der Waals surface area contributed by atoms with E-state index in [1.807, 2.05) is 48.1 Å². The average Bonchev–Trinajstić information content (AvgIpc) is 3.12. The number of hydrogen-bond donors (Lipinski definition) is 1. The van der Waals surface area contributed by atoms with E-state index in [1.165, 1.54) is 6.92 Å². The van der Waals surface area contributed by atoms with Crippen LogP contribution in [0.3, 0.4) is 0 Å². The van der Waals surface area contributed by atoms with Crippen molar-refractivity contribution in [1.29, 1.82) is 0 Å². The van der Waals surface area contributed by atoms with Crippen molar-refractivity contribution in [3.05, 3.63) is 83.4 Å². The van der Waals surface area contributed by atoms with Gasteiger partial charge in [0.05, 0.1) is 13.5 Å². The van der Waals surface area contributed by atoms with Gasteiger partial charge in [-0.1, -0.05) is 30.3 Å². The van der Waals surface area contributed by atoms with E-state index in [-0.39, 0.29) is 24.2 Å². The van der Waals surface area contributed by atoms with E-state index >= 15 is 0 Å². The maximum absolute atomic E-state index is 12.9. The van der Waals surface area contributed by atoms with Crippen LogP contribution >= 0.6 is 0 Å². The van der Waals surface area contributed by atoms with Crippen LogP contribution in [0.1, 0.15) is 40.3 Å². The Kier molecular flexibility index (Phi) is 5.89. The number of methoxy groups -OCH3 is 1. The summed E-state index contributed by atoms with van der Waals surface area (Å²) in [5, 5.41) is 3.06. The molecule has 0 aliphatic carbocycles. The number of imidazole rings is 1. The smallest absolute Gasteiger partial charge is 0.225 e. The third kappa shape index (κ3) is 4.28. The van der Waals surface area contributed by atoms with Crippen LogP contribution in [0.5, 0.6) is 5.75 Å². The van der Waals surface area contributed by atoms with E-state index in [4.69, 9.17) is 4.74 Å². The van der Waals surface area contributed by atoms with E-state index in [0.717, 1.165) is 11.4 Å². The molecule has 0 aliphatic heterocycles. The maximum atomic E-state index is 12.9. The first-order valence-corrected chi connectivity index (χ1v) is 8.99. The number of aryl methyl sites for hydroxylation is 1. The molecule has 1 heterocycles. The van der Waals surface area contributed by atoms with Crippen molar-refractivity contribution in [3.8, 4) is 5.75 Å². The number of nitrogens with zero attached hydrogens (tertiary/aromatic N) is 2. The van der Waals surface area contributed by atoms with Crippen molar-refractivity contribution in [1.82, 2.24) is 14.9 Å². The van der Waals surface area contributed by atoms with Gasteiger partial charge in [0.15, 0.2) is 5.78 Å². The zero-order valence-corrected chi connectivity index (χ0v) is 16.2. The standard InChI is InChI=1S/C22H23N3O3/c1-15(26)17-9-10-19(28-3)18(13-17)14-20(27)24-21(16-7-5-4-6-8-16)22-23-11-12-25(22)2/h4-13,21H,14H2,1-3H3,(H,24,27)/t21-/m1/s1. The van der Waals surface area contributed by atoms with Crippen LogP contribution in [0.4, 0.5) is 0 Å². The van der Waals surface area contributed by atoms with Crippen LogP contribution in [-0.4, -0.2) is 28.4 Å². The lowest BCUT2D eigenvalue weighted by Gasteiger charge is -2.19. The first-order chi connectivity index (χ1) is 13.5. The van der Waals surface area contributed by atoms with Gasteiger partial charge >= 0.3 is 0 Å². The SMILES string of the molecule is COc1ccc(C(C)=O)cc1CC(=O)N[C@H](c1ccccc1)c1nccn1C. The summed E-state index contributed by atoms with van der Waals surface area (Å²) >= 11 is 0. The van der Waals surface area contributed by atoms with E-state index < -0.39 is 0 Å². The highest BCUT2D eigenvalue weighted by molar-refractivity contribution is 5.94. The van der Waals surface area contributed by atoms with Crippen LogP contribution in [-0.2, 0) is 18.3 Å². The lowest BCUT2D eigenvalue weighted by atomic mass is 10.0. The van der Waals surface area contributed by atoms with Gasteiger partial charge in [-0.15, -0.1) is 0 Å². The molecule has 3 rings (SSSR count). The van der Waals surface area contributed by atoms with E-state index in [2.05, 4.69) is 10.3 Å². The van der Waals surface area contributed by atoms with E-state index in [0.29, 0.717) is 16.9 Å². The number of Topliss-reactive ketones (excluding diaryl/α,β-unsaturated/α-hetero) is 1. The topological polar surface area (TPSA) is 73.2 Å². The molecule has 144 valence electrons. The third-order valence-corrected chi connectivity index (χ3v) is 4.59. The molecule has 0 bridgehead atoms. The van der Waals surface area contributed by atoms with Gasteiger partial charge < -0.3 is 14.6 Å². The molecule has 0 fully saturated rings. The highest BCUT2D eigenvalue weighted by Gasteiger charge is 2.21. The monoisotopic (exact) mass is 377 g/mol. The fraction of sp³-hybridized carbons (Fsp3) is 0.227. The van der Waals surface area contributed by atoms with Crippen LogP contribution in [0.2, 0.25) is 0 Å². The lowest BCUT2D eigenvalue weighted by molar-refractivity contribution is -0.121. The number of hydrogen-bond acceptors (Lipinski definition) is 4. The maximum Gasteiger partial charge on any atom is 0.225 e. The average molecular weight is 377 g/mol. The number of amides is 1. The molecule has 3 aromatic rings. The van der Waals surface area contributed by atoms with Gasteiger partial charge in [0.2, 0.25) is 5.91 Å². The quantitative estimate of drug-likeness (QED) is 0.642. The number of carbonyl (C=O) groups excluding carboxylic acids is 2. The Labute approximate surface area is 164 Å². The minimum Gasteiger partial charge on any atom is -0.496 e. The molecule has 6 heteroatoms. The van der Waals surface area contributed by atoms with Crippen molar-refractivity contribution in [2.75, 3.05) is 7.11 Å². The molecule has 28 heavy (non-hydrogen) atoms. The Balaban J connectivity index is 1.86. The number of carbonyl (C=O) groups is 2. The molecular formula is C22H23N3O3. The summed E-state index contributed by atoms with van der Waals surface area (Å²) in [5.74, 6) is 1.08. The number of rotatable bonds is 7. The van der Waals surface area contributed by atoms with Gasteiger partial charge in [-0.25, -0.2) is 4.98 Å². The Morgan fingerprint density at radius 1 is 1.18 bits per heavy atom. The molecule has 1 atom stereocenters. The molecule has 0 radical (unpaired) electrons. The molecular weight excluding hydrogens is 354 g/mol. The van der Waals surface area contributed by atoms with Gasteiger partial charge in [-0.05, 0) is 30.7 Å². The molecule has 6 nitrogen and oxygen atoms in total. The number of ketones is 1. The van der Waals surface area contributed by atoms with Crippen LogP contribution in [0.25, 0.3) is 0 Å². The highest BCUT2D eigenvalue weighted by atomic mass is 16.5. The van der Waals surface area contributed by atoms with Crippen molar-refractivity contribution in [3.63, 3.8) is 0 Å². The molecule has 0 spiro atoms. The van der Waals surface area contributed by atoms with Gasteiger partial charge in [0.25, 0.3) is 0 Å². The minimum atomic E-state index is -0.379. The Hall–Kier alpha value is -3.41. The second-order valence-corrected chi connectivity index (χ2v) is 6.57. The summed E-state index contributed by atoms with van der Waals surface area (Å²) in [4.78, 5) is 29.0. The number of aromatic nitrogens is 2. The summed E-state index contributed by atoms with van der Waals surface area (Å²) in [5.41, 5.74) is 2.15. The van der Waals surface area contributed by atoms with Gasteiger partial charge in [0, 0.05) is 30.6 Å². The largest absolute Gasteiger partial charge is 0.496 e. The molecule has 0 saturated carbocycles. The molecule has 2 aromatic carbocycles. The summed E-state index contributed by atoms with van der Waals surface area (Å²) in [7, 11) is 3.44.